The Balaban J connectivity index is 1.81. The highest BCUT2D eigenvalue weighted by Crippen LogP contribution is 2.38. The highest BCUT2D eigenvalue weighted by molar-refractivity contribution is 7.91. The molecule has 2 amide bonds. The van der Waals surface area contributed by atoms with Crippen LogP contribution < -0.4 is 9.80 Å². The summed E-state index contributed by atoms with van der Waals surface area (Å²) >= 11 is 5.94. The van der Waals surface area contributed by atoms with E-state index in [9.17, 15) is 13.2 Å². The lowest BCUT2D eigenvalue weighted by Gasteiger charge is -2.23. The van der Waals surface area contributed by atoms with E-state index in [-0.39, 0.29) is 29.6 Å². The summed E-state index contributed by atoms with van der Waals surface area (Å²) in [5.41, 5.74) is 2.41. The van der Waals surface area contributed by atoms with Crippen LogP contribution in [-0.2, 0) is 9.84 Å². The maximum Gasteiger partial charge on any atom is 0.329 e. The number of benzene rings is 2. The van der Waals surface area contributed by atoms with Gasteiger partial charge in [-0.2, -0.15) is 0 Å². The first kappa shape index (κ1) is 16.4. The van der Waals surface area contributed by atoms with Gasteiger partial charge < -0.3 is 0 Å². The molecule has 2 fully saturated rings. The quantitative estimate of drug-likeness (QED) is 0.756. The molecule has 2 aliphatic heterocycles. The van der Waals surface area contributed by atoms with Crippen LogP contribution in [0.25, 0.3) is 0 Å². The minimum Gasteiger partial charge on any atom is -0.288 e. The number of halogens is 1. The maximum atomic E-state index is 13.2. The molecule has 2 aromatic rings. The van der Waals surface area contributed by atoms with Gasteiger partial charge in [0, 0.05) is 16.4 Å². The van der Waals surface area contributed by atoms with Crippen molar-refractivity contribution in [3.05, 3.63) is 59.1 Å². The van der Waals surface area contributed by atoms with Crippen LogP contribution >= 0.6 is 11.6 Å². The van der Waals surface area contributed by atoms with Crippen LogP contribution in [0.2, 0.25) is 5.02 Å². The van der Waals surface area contributed by atoms with Gasteiger partial charge in [0.2, 0.25) is 0 Å². The first-order chi connectivity index (χ1) is 11.9. The highest BCUT2D eigenvalue weighted by atomic mass is 35.5. The second-order valence-electron chi connectivity index (χ2n) is 6.55. The van der Waals surface area contributed by atoms with Crippen molar-refractivity contribution in [3.8, 4) is 0 Å². The molecule has 2 saturated heterocycles. The van der Waals surface area contributed by atoms with E-state index >= 15 is 0 Å². The largest absolute Gasteiger partial charge is 0.329 e. The van der Waals surface area contributed by atoms with Gasteiger partial charge in [-0.1, -0.05) is 23.7 Å². The van der Waals surface area contributed by atoms with Gasteiger partial charge in [-0.25, -0.2) is 13.2 Å². The molecule has 0 bridgehead atoms. The first-order valence-electron chi connectivity index (χ1n) is 8.01. The molecule has 0 radical (unpaired) electrons. The van der Waals surface area contributed by atoms with Crippen LogP contribution in [0.1, 0.15) is 5.56 Å². The number of anilines is 2. The van der Waals surface area contributed by atoms with Crippen molar-refractivity contribution in [3.63, 3.8) is 0 Å². The number of carbonyl (C=O) groups excluding carboxylic acids is 1. The summed E-state index contributed by atoms with van der Waals surface area (Å²) in [6, 6.07) is 13.5. The summed E-state index contributed by atoms with van der Waals surface area (Å²) in [7, 11) is -3.19. The molecule has 2 aliphatic rings. The highest BCUT2D eigenvalue weighted by Gasteiger charge is 2.54. The second-order valence-corrected chi connectivity index (χ2v) is 9.14. The number of rotatable bonds is 2. The molecule has 2 aromatic carbocycles. The number of hydrogen-bond donors (Lipinski definition) is 0. The zero-order chi connectivity index (χ0) is 17.8. The summed E-state index contributed by atoms with van der Waals surface area (Å²) in [6.07, 6.45) is 0. The monoisotopic (exact) mass is 376 g/mol. The van der Waals surface area contributed by atoms with E-state index in [1.54, 1.807) is 34.1 Å². The van der Waals surface area contributed by atoms with Crippen molar-refractivity contribution in [1.29, 1.82) is 0 Å². The Hall–Kier alpha value is -2.05. The number of urea groups is 1. The molecule has 0 N–H and O–H groups in total. The van der Waals surface area contributed by atoms with Crippen LogP contribution in [0.15, 0.2) is 48.5 Å². The Morgan fingerprint density at radius 1 is 0.960 bits per heavy atom. The molecular formula is C18H17ClN2O3S. The fraction of sp³-hybridized carbons (Fsp3) is 0.278. The standard InChI is InChI=1S/C18H17ClN2O3S/c1-12-3-2-4-15(9-12)21-17-11-25(23,24)10-16(17)20(18(21)22)14-7-5-13(19)6-8-14/h2-9,16-17H,10-11H2,1H3/t16-,17-/m1/s1. The average molecular weight is 377 g/mol. The number of nitrogens with zero attached hydrogens (tertiary/aromatic N) is 2. The van der Waals surface area contributed by atoms with E-state index in [0.29, 0.717) is 10.7 Å². The van der Waals surface area contributed by atoms with Crippen molar-refractivity contribution >= 4 is 38.8 Å². The Morgan fingerprint density at radius 2 is 1.56 bits per heavy atom. The molecular weight excluding hydrogens is 360 g/mol. The zero-order valence-corrected chi connectivity index (χ0v) is 15.2. The molecule has 4 rings (SSSR count). The number of fused-ring (bicyclic) bond motifs is 1. The molecule has 5 nitrogen and oxygen atoms in total. The van der Waals surface area contributed by atoms with E-state index < -0.39 is 9.84 Å². The maximum absolute atomic E-state index is 13.2. The number of aryl methyl sites for hydroxylation is 1. The number of carbonyl (C=O) groups is 1. The van der Waals surface area contributed by atoms with Crippen LogP contribution in [0, 0.1) is 6.92 Å². The zero-order valence-electron chi connectivity index (χ0n) is 13.6. The predicted molar refractivity (Wildman–Crippen MR) is 99.2 cm³/mol. The molecule has 0 spiro atoms. The van der Waals surface area contributed by atoms with Crippen molar-refractivity contribution in [1.82, 2.24) is 0 Å². The Kier molecular flexibility index (Phi) is 3.77. The average Bonchev–Trinajstić information content (AvgIpc) is 2.97. The Morgan fingerprint density at radius 3 is 2.16 bits per heavy atom. The number of amides is 2. The number of hydrogen-bond acceptors (Lipinski definition) is 3. The van der Waals surface area contributed by atoms with Crippen molar-refractivity contribution in [2.45, 2.75) is 19.0 Å². The normalized spacial score (nSPS) is 24.6. The Bertz CT molecular complexity index is 943. The Labute approximate surface area is 151 Å². The van der Waals surface area contributed by atoms with Gasteiger partial charge in [0.25, 0.3) is 0 Å². The third-order valence-corrected chi connectivity index (χ3v) is 6.70. The molecule has 0 saturated carbocycles. The lowest BCUT2D eigenvalue weighted by molar-refractivity contribution is 0.255. The van der Waals surface area contributed by atoms with Gasteiger partial charge in [0.05, 0.1) is 23.6 Å². The lowest BCUT2D eigenvalue weighted by atomic mass is 10.1. The molecule has 0 aromatic heterocycles. The van der Waals surface area contributed by atoms with E-state index in [0.717, 1.165) is 11.3 Å². The van der Waals surface area contributed by atoms with Gasteiger partial charge in [-0.05, 0) is 48.9 Å². The summed E-state index contributed by atoms with van der Waals surface area (Å²) in [5.74, 6) is -0.0320. The first-order valence-corrected chi connectivity index (χ1v) is 10.2. The lowest BCUT2D eigenvalue weighted by Crippen LogP contribution is -2.37. The fourth-order valence-corrected chi connectivity index (χ4v) is 5.73. The molecule has 0 aliphatic carbocycles. The van der Waals surface area contributed by atoms with Gasteiger partial charge in [0.1, 0.15) is 0 Å². The summed E-state index contributed by atoms with van der Waals surface area (Å²) < 4.78 is 24.5. The minimum atomic E-state index is -3.19. The SMILES string of the molecule is Cc1cccc(N2C(=O)N(c3ccc(Cl)cc3)[C@@H]3CS(=O)(=O)C[C@H]32)c1. The summed E-state index contributed by atoms with van der Waals surface area (Å²) in [6.45, 7) is 1.95. The van der Waals surface area contributed by atoms with Gasteiger partial charge >= 0.3 is 6.03 Å². The van der Waals surface area contributed by atoms with Gasteiger partial charge in [0.15, 0.2) is 9.84 Å². The predicted octanol–water partition coefficient (Wildman–Crippen LogP) is 3.26. The third kappa shape index (κ3) is 2.79. The molecule has 0 unspecified atom stereocenters. The van der Waals surface area contributed by atoms with E-state index in [1.807, 2.05) is 31.2 Å². The van der Waals surface area contributed by atoms with Crippen LogP contribution in [0.3, 0.4) is 0 Å². The molecule has 7 heteroatoms. The fourth-order valence-electron chi connectivity index (χ4n) is 3.69. The van der Waals surface area contributed by atoms with E-state index in [2.05, 4.69) is 0 Å². The van der Waals surface area contributed by atoms with Crippen molar-refractivity contribution in [2.75, 3.05) is 21.3 Å². The molecule has 2 atom stereocenters. The summed E-state index contributed by atoms with van der Waals surface area (Å²) in [5, 5.41) is 0.571. The van der Waals surface area contributed by atoms with E-state index in [4.69, 9.17) is 11.6 Å². The summed E-state index contributed by atoms with van der Waals surface area (Å²) in [4.78, 5) is 16.4. The van der Waals surface area contributed by atoms with Crippen LogP contribution in [-0.4, -0.2) is 38.0 Å². The second kappa shape index (κ2) is 5.75. The molecule has 2 heterocycles. The van der Waals surface area contributed by atoms with Crippen molar-refractivity contribution < 1.29 is 13.2 Å². The third-order valence-electron chi connectivity index (χ3n) is 4.75. The molecule has 130 valence electrons. The topological polar surface area (TPSA) is 57.7 Å². The van der Waals surface area contributed by atoms with Gasteiger partial charge in [-0.3, -0.25) is 9.80 Å². The van der Waals surface area contributed by atoms with Crippen LogP contribution in [0.5, 0.6) is 0 Å². The van der Waals surface area contributed by atoms with Gasteiger partial charge in [-0.15, -0.1) is 0 Å². The number of sulfone groups is 1. The van der Waals surface area contributed by atoms with Crippen LogP contribution in [0.4, 0.5) is 16.2 Å². The van der Waals surface area contributed by atoms with Crippen molar-refractivity contribution in [2.24, 2.45) is 0 Å². The smallest absolute Gasteiger partial charge is 0.288 e. The molecule has 25 heavy (non-hydrogen) atoms. The minimum absolute atomic E-state index is 0.0125. The van der Waals surface area contributed by atoms with E-state index in [1.165, 1.54) is 0 Å².